The van der Waals surface area contributed by atoms with Crippen LogP contribution in [-0.2, 0) is 11.3 Å². The van der Waals surface area contributed by atoms with Gasteiger partial charge in [0.15, 0.2) is 0 Å². The normalized spacial score (nSPS) is 12.7. The third kappa shape index (κ3) is 5.56. The lowest BCUT2D eigenvalue weighted by Gasteiger charge is -2.08. The van der Waals surface area contributed by atoms with Crippen LogP contribution in [0.25, 0.3) is 23.1 Å². The van der Waals surface area contributed by atoms with Gasteiger partial charge in [-0.1, -0.05) is 11.7 Å². The molecule has 2 heterocycles. The summed E-state index contributed by atoms with van der Waals surface area (Å²) >= 11 is 0. The van der Waals surface area contributed by atoms with Gasteiger partial charge in [0.05, 0.1) is 19.4 Å². The molecular formula is C19H18F3N7O3. The molecule has 0 unspecified atom stereocenters. The van der Waals surface area contributed by atoms with Crippen LogP contribution in [0.2, 0.25) is 0 Å². The standard InChI is InChI=1S/C19H18F3N7O3/c1-5-13(25-18(23-3)30-4)10-29-11(2)24-16(27-29)17-26-15(28-32-17)12-6-8-14(9-7-12)31-19(20,21)22/h5-9H,1,10H2,2-4H3. The summed E-state index contributed by atoms with van der Waals surface area (Å²) in [6.45, 7) is 5.70. The molecule has 0 aliphatic rings. The second-order valence-electron chi connectivity index (χ2n) is 6.15. The van der Waals surface area contributed by atoms with Crippen molar-refractivity contribution in [3.63, 3.8) is 0 Å². The monoisotopic (exact) mass is 449 g/mol. The van der Waals surface area contributed by atoms with E-state index in [-0.39, 0.29) is 35.9 Å². The molecule has 3 aromatic rings. The average Bonchev–Trinajstić information content (AvgIpc) is 3.37. The zero-order valence-electron chi connectivity index (χ0n) is 17.3. The first-order valence-electron chi connectivity index (χ1n) is 9.05. The SMILES string of the molecule is C=CC(Cn1nc(-c2nc(-c3ccc(OC(F)(F)F)cc3)no2)nc1C)=NC(=NC)OC. The molecule has 0 fully saturated rings. The highest BCUT2D eigenvalue weighted by atomic mass is 19.4. The summed E-state index contributed by atoms with van der Waals surface area (Å²) in [4.78, 5) is 16.6. The molecule has 32 heavy (non-hydrogen) atoms. The number of hydrogen-bond acceptors (Lipinski definition) is 8. The van der Waals surface area contributed by atoms with Crippen molar-refractivity contribution in [2.75, 3.05) is 14.2 Å². The Morgan fingerprint density at radius 3 is 2.53 bits per heavy atom. The summed E-state index contributed by atoms with van der Waals surface area (Å²) in [5.74, 6) is 0.575. The zero-order chi connectivity index (χ0) is 23.3. The van der Waals surface area contributed by atoms with Crippen LogP contribution in [0.15, 0.2) is 51.4 Å². The highest BCUT2D eigenvalue weighted by Gasteiger charge is 2.31. The van der Waals surface area contributed by atoms with Gasteiger partial charge in [0.2, 0.25) is 11.6 Å². The summed E-state index contributed by atoms with van der Waals surface area (Å²) in [6, 6.07) is 5.25. The summed E-state index contributed by atoms with van der Waals surface area (Å²) in [5.41, 5.74) is 0.970. The fraction of sp³-hybridized carbons (Fsp3) is 0.263. The second kappa shape index (κ2) is 9.41. The van der Waals surface area contributed by atoms with Crippen LogP contribution in [0.1, 0.15) is 5.82 Å². The summed E-state index contributed by atoms with van der Waals surface area (Å²) in [5, 5.41) is 8.18. The second-order valence-corrected chi connectivity index (χ2v) is 6.15. The molecule has 0 atom stereocenters. The van der Waals surface area contributed by atoms with Crippen molar-refractivity contribution in [1.29, 1.82) is 0 Å². The van der Waals surface area contributed by atoms with E-state index in [1.807, 2.05) is 0 Å². The van der Waals surface area contributed by atoms with Crippen LogP contribution in [0.3, 0.4) is 0 Å². The van der Waals surface area contributed by atoms with E-state index < -0.39 is 6.36 Å². The highest BCUT2D eigenvalue weighted by molar-refractivity contribution is 6.01. The van der Waals surface area contributed by atoms with Gasteiger partial charge in [-0.05, 0) is 37.3 Å². The number of hydrogen-bond donors (Lipinski definition) is 0. The number of benzene rings is 1. The number of alkyl halides is 3. The summed E-state index contributed by atoms with van der Waals surface area (Å²) in [6.07, 6.45) is -3.23. The Morgan fingerprint density at radius 2 is 1.94 bits per heavy atom. The van der Waals surface area contributed by atoms with E-state index in [2.05, 4.69) is 41.5 Å². The molecule has 13 heteroatoms. The van der Waals surface area contributed by atoms with Crippen LogP contribution in [0.4, 0.5) is 13.2 Å². The average molecular weight is 449 g/mol. The quantitative estimate of drug-likeness (QED) is 0.418. The predicted molar refractivity (Wildman–Crippen MR) is 108 cm³/mol. The van der Waals surface area contributed by atoms with Crippen molar-refractivity contribution in [2.45, 2.75) is 19.8 Å². The molecular weight excluding hydrogens is 431 g/mol. The molecule has 168 valence electrons. The maximum Gasteiger partial charge on any atom is 0.573 e. The Kier molecular flexibility index (Phi) is 6.66. The topological polar surface area (TPSA) is 113 Å². The number of aromatic nitrogens is 5. The van der Waals surface area contributed by atoms with E-state index in [1.165, 1.54) is 19.2 Å². The minimum Gasteiger partial charge on any atom is -0.467 e. The first-order valence-corrected chi connectivity index (χ1v) is 9.05. The third-order valence-corrected chi connectivity index (χ3v) is 3.98. The third-order valence-electron chi connectivity index (χ3n) is 3.98. The minimum absolute atomic E-state index is 0.0438. The van der Waals surface area contributed by atoms with Crippen LogP contribution in [-0.4, -0.2) is 57.2 Å². The molecule has 0 N–H and O–H groups in total. The number of aryl methyl sites for hydroxylation is 1. The fourth-order valence-electron chi connectivity index (χ4n) is 2.51. The number of methoxy groups -OCH3 is 1. The lowest BCUT2D eigenvalue weighted by molar-refractivity contribution is -0.274. The van der Waals surface area contributed by atoms with Crippen molar-refractivity contribution in [3.05, 3.63) is 42.7 Å². The van der Waals surface area contributed by atoms with Crippen molar-refractivity contribution < 1.29 is 27.2 Å². The van der Waals surface area contributed by atoms with E-state index in [1.54, 1.807) is 24.7 Å². The molecule has 10 nitrogen and oxygen atoms in total. The largest absolute Gasteiger partial charge is 0.573 e. The Bertz CT molecular complexity index is 1150. The molecule has 0 saturated heterocycles. The number of allylic oxidation sites excluding steroid dienone is 1. The van der Waals surface area contributed by atoms with E-state index in [4.69, 9.17) is 9.26 Å². The number of rotatable bonds is 6. The van der Waals surface area contributed by atoms with Crippen LogP contribution >= 0.6 is 0 Å². The Morgan fingerprint density at radius 1 is 1.22 bits per heavy atom. The summed E-state index contributed by atoms with van der Waals surface area (Å²) < 4.78 is 52.5. The molecule has 0 saturated carbocycles. The maximum atomic E-state index is 12.3. The molecule has 3 rings (SSSR count). The molecule has 0 aliphatic heterocycles. The summed E-state index contributed by atoms with van der Waals surface area (Å²) in [7, 11) is 3.00. The Hall–Kier alpha value is -4.03. The minimum atomic E-state index is -4.77. The number of amidine groups is 1. The Labute approximate surface area is 180 Å². The van der Waals surface area contributed by atoms with E-state index in [0.717, 1.165) is 12.1 Å². The molecule has 0 bridgehead atoms. The van der Waals surface area contributed by atoms with Gasteiger partial charge in [-0.3, -0.25) is 0 Å². The highest BCUT2D eigenvalue weighted by Crippen LogP contribution is 2.26. The van der Waals surface area contributed by atoms with Crippen molar-refractivity contribution >= 4 is 11.7 Å². The first-order chi connectivity index (χ1) is 15.2. The molecule has 0 amide bonds. The lowest BCUT2D eigenvalue weighted by atomic mass is 10.2. The molecule has 0 spiro atoms. The zero-order valence-corrected chi connectivity index (χ0v) is 17.3. The fourth-order valence-corrected chi connectivity index (χ4v) is 2.51. The first kappa shape index (κ1) is 22.7. The van der Waals surface area contributed by atoms with Gasteiger partial charge in [-0.2, -0.15) is 9.98 Å². The van der Waals surface area contributed by atoms with Crippen LogP contribution in [0, 0.1) is 6.92 Å². The van der Waals surface area contributed by atoms with E-state index in [9.17, 15) is 13.2 Å². The van der Waals surface area contributed by atoms with Gasteiger partial charge in [0.1, 0.15) is 11.6 Å². The van der Waals surface area contributed by atoms with Crippen molar-refractivity contribution in [2.24, 2.45) is 9.98 Å². The van der Waals surface area contributed by atoms with Gasteiger partial charge in [0.25, 0.3) is 5.89 Å². The Balaban J connectivity index is 1.79. The number of aliphatic imine (C=N–C) groups is 2. The van der Waals surface area contributed by atoms with E-state index in [0.29, 0.717) is 17.1 Å². The maximum absolute atomic E-state index is 12.3. The van der Waals surface area contributed by atoms with Gasteiger partial charge in [0, 0.05) is 12.6 Å². The number of halogens is 3. The smallest absolute Gasteiger partial charge is 0.467 e. The van der Waals surface area contributed by atoms with Crippen molar-refractivity contribution in [1.82, 2.24) is 24.9 Å². The van der Waals surface area contributed by atoms with Crippen LogP contribution in [0.5, 0.6) is 5.75 Å². The number of ether oxygens (including phenoxy) is 2. The predicted octanol–water partition coefficient (Wildman–Crippen LogP) is 3.46. The molecule has 0 aliphatic carbocycles. The lowest BCUT2D eigenvalue weighted by Crippen LogP contribution is -2.16. The number of nitrogens with zero attached hydrogens (tertiary/aromatic N) is 7. The van der Waals surface area contributed by atoms with E-state index >= 15 is 0 Å². The van der Waals surface area contributed by atoms with Crippen LogP contribution < -0.4 is 4.74 Å². The van der Waals surface area contributed by atoms with Gasteiger partial charge >= 0.3 is 12.4 Å². The van der Waals surface area contributed by atoms with Gasteiger partial charge in [-0.25, -0.2) is 14.7 Å². The molecule has 2 aromatic heterocycles. The molecule has 0 radical (unpaired) electrons. The van der Waals surface area contributed by atoms with Gasteiger partial charge < -0.3 is 14.0 Å². The van der Waals surface area contributed by atoms with Crippen molar-refractivity contribution in [3.8, 4) is 28.9 Å². The van der Waals surface area contributed by atoms with Gasteiger partial charge in [-0.15, -0.1) is 18.3 Å². The molecule has 1 aromatic carbocycles.